The summed E-state index contributed by atoms with van der Waals surface area (Å²) in [5.41, 5.74) is 0. The number of rotatable bonds is 5. The molecule has 0 aromatic carbocycles. The van der Waals surface area contributed by atoms with Crippen LogP contribution in [0.15, 0.2) is 18.7 Å². The highest BCUT2D eigenvalue weighted by molar-refractivity contribution is 4.65. The van der Waals surface area contributed by atoms with Gasteiger partial charge in [-0.15, -0.1) is 10.2 Å². The van der Waals surface area contributed by atoms with E-state index in [4.69, 9.17) is 18.6 Å². The lowest BCUT2D eigenvalue weighted by molar-refractivity contribution is -2.00. The molecule has 0 unspecified atom stereocenters. The second kappa shape index (κ2) is 8.43. The molecule has 0 saturated heterocycles. The molecule has 17 heavy (non-hydrogen) atoms. The minimum Gasteiger partial charge on any atom is -0.240 e. The van der Waals surface area contributed by atoms with Gasteiger partial charge in [-0.3, -0.25) is 0 Å². The van der Waals surface area contributed by atoms with Crippen LogP contribution in [0.25, 0.3) is 0 Å². The van der Waals surface area contributed by atoms with Gasteiger partial charge in [-0.25, -0.2) is 27.8 Å². The van der Waals surface area contributed by atoms with Gasteiger partial charge in [0.15, 0.2) is 0 Å². The van der Waals surface area contributed by atoms with Gasteiger partial charge in [-0.2, -0.15) is 0 Å². The highest BCUT2D eigenvalue weighted by Gasteiger charge is 1.97. The van der Waals surface area contributed by atoms with Crippen molar-refractivity contribution in [2.75, 3.05) is 0 Å². The van der Waals surface area contributed by atoms with Crippen molar-refractivity contribution in [2.24, 2.45) is 7.05 Å². The van der Waals surface area contributed by atoms with Gasteiger partial charge in [-0.05, 0) is 12.8 Å². The summed E-state index contributed by atoms with van der Waals surface area (Å²) in [5.74, 6) is 0. The summed E-state index contributed by atoms with van der Waals surface area (Å²) in [6.45, 7) is 3.41. The maximum atomic E-state index is 8.49. The molecule has 7 heteroatoms. The molecule has 0 amide bonds. The topological polar surface area (TPSA) is 101 Å². The third-order valence-electron chi connectivity index (χ3n) is 2.09. The molecule has 0 aliphatic rings. The van der Waals surface area contributed by atoms with Crippen LogP contribution in [0.2, 0.25) is 0 Å². The maximum Gasteiger partial charge on any atom is 0.243 e. The summed E-state index contributed by atoms with van der Waals surface area (Å²) < 4.78 is 38.3. The van der Waals surface area contributed by atoms with Gasteiger partial charge >= 0.3 is 0 Å². The van der Waals surface area contributed by atoms with E-state index < -0.39 is 10.2 Å². The Morgan fingerprint density at radius 2 is 1.71 bits per heavy atom. The number of aryl methyl sites for hydroxylation is 2. The highest BCUT2D eigenvalue weighted by atomic mass is 35.7. The first-order valence-electron chi connectivity index (χ1n) is 5.45. The normalized spacial score (nSPS) is 10.9. The number of aromatic nitrogens is 2. The first kappa shape index (κ1) is 16.3. The third kappa shape index (κ3) is 13.3. The Labute approximate surface area is 103 Å². The van der Waals surface area contributed by atoms with Crippen LogP contribution in [0, 0.1) is 10.2 Å². The van der Waals surface area contributed by atoms with Crippen molar-refractivity contribution >= 4 is 0 Å². The molecule has 0 aliphatic carbocycles. The number of nitrogens with zero attached hydrogens (tertiary/aromatic N) is 2. The average molecular weight is 267 g/mol. The van der Waals surface area contributed by atoms with Crippen LogP contribution in [-0.2, 0) is 13.6 Å². The first-order chi connectivity index (χ1) is 7.83. The Balaban J connectivity index is 0.000000437. The van der Waals surface area contributed by atoms with Crippen LogP contribution in [0.3, 0.4) is 0 Å². The average Bonchev–Trinajstić information content (AvgIpc) is 2.56. The Morgan fingerprint density at radius 3 is 2.12 bits per heavy atom. The molecule has 1 aromatic heterocycles. The number of hydrogen-bond donors (Lipinski definition) is 0. The van der Waals surface area contributed by atoms with E-state index in [2.05, 4.69) is 41.8 Å². The molecule has 1 aromatic rings. The van der Waals surface area contributed by atoms with Gasteiger partial charge in [0.1, 0.15) is 12.4 Å². The van der Waals surface area contributed by atoms with E-state index in [1.54, 1.807) is 0 Å². The van der Waals surface area contributed by atoms with Crippen molar-refractivity contribution in [3.05, 3.63) is 18.7 Å². The van der Waals surface area contributed by atoms with Gasteiger partial charge in [0.05, 0.1) is 13.6 Å². The van der Waals surface area contributed by atoms with Gasteiger partial charge in [-0.1, -0.05) is 19.8 Å². The van der Waals surface area contributed by atoms with Crippen LogP contribution in [0.5, 0.6) is 0 Å². The van der Waals surface area contributed by atoms with Crippen LogP contribution in [-0.4, -0.2) is 4.57 Å². The lowest BCUT2D eigenvalue weighted by atomic mass is 10.2. The van der Waals surface area contributed by atoms with Crippen molar-refractivity contribution in [3.8, 4) is 0 Å². The summed E-state index contributed by atoms with van der Waals surface area (Å²) in [6.07, 6.45) is 11.7. The van der Waals surface area contributed by atoms with E-state index in [0.717, 1.165) is 0 Å². The zero-order chi connectivity index (χ0) is 13.3. The molecule has 1 rings (SSSR count). The van der Waals surface area contributed by atoms with Crippen LogP contribution < -0.4 is 23.2 Å². The number of halogens is 1. The minimum atomic E-state index is -4.94. The van der Waals surface area contributed by atoms with Gasteiger partial charge < -0.3 is 0 Å². The van der Waals surface area contributed by atoms with E-state index in [9.17, 15) is 0 Å². The number of imidazole rings is 1. The largest absolute Gasteiger partial charge is 0.243 e. The standard InChI is InChI=1S/C10H19N2.ClHO4/c1-3-4-5-6-7-12-9-8-11(2)10-12;2-1(3,4)5/h8-10H,3-7H2,1-2H3;(H,2,3,4,5)/q+1;/p-1. The summed E-state index contributed by atoms with van der Waals surface area (Å²) in [7, 11) is -2.89. The number of hydrogen-bond acceptors (Lipinski definition) is 4. The molecule has 0 spiro atoms. The molecule has 0 saturated carbocycles. The van der Waals surface area contributed by atoms with E-state index in [-0.39, 0.29) is 0 Å². The monoisotopic (exact) mass is 266 g/mol. The van der Waals surface area contributed by atoms with Crippen molar-refractivity contribution in [1.29, 1.82) is 0 Å². The predicted octanol–water partition coefficient (Wildman–Crippen LogP) is -2.86. The van der Waals surface area contributed by atoms with E-state index >= 15 is 0 Å². The molecule has 0 N–H and O–H groups in total. The Morgan fingerprint density at radius 1 is 1.12 bits per heavy atom. The Bertz CT molecular complexity index is 293. The summed E-state index contributed by atoms with van der Waals surface area (Å²) in [6, 6.07) is 0. The minimum absolute atomic E-state index is 1.17. The lowest BCUT2D eigenvalue weighted by Crippen LogP contribution is -2.68. The Hall–Kier alpha value is -0.660. The van der Waals surface area contributed by atoms with Crippen LogP contribution >= 0.6 is 0 Å². The lowest BCUT2D eigenvalue weighted by Gasteiger charge is -2.17. The van der Waals surface area contributed by atoms with Crippen molar-refractivity contribution in [1.82, 2.24) is 4.57 Å². The second-order valence-corrected chi connectivity index (χ2v) is 4.51. The third-order valence-corrected chi connectivity index (χ3v) is 2.09. The smallest absolute Gasteiger partial charge is 0.240 e. The fourth-order valence-electron chi connectivity index (χ4n) is 1.36. The first-order valence-corrected chi connectivity index (χ1v) is 6.69. The molecule has 0 bridgehead atoms. The zero-order valence-corrected chi connectivity index (χ0v) is 10.9. The Kier molecular flexibility index (Phi) is 8.11. The molecular formula is C10H19ClN2O4. The van der Waals surface area contributed by atoms with Crippen molar-refractivity contribution < 1.29 is 33.4 Å². The van der Waals surface area contributed by atoms with E-state index in [0.29, 0.717) is 0 Å². The highest BCUT2D eigenvalue weighted by Crippen LogP contribution is 2.00. The molecule has 1 heterocycles. The van der Waals surface area contributed by atoms with Gasteiger partial charge in [0.2, 0.25) is 6.33 Å². The predicted molar refractivity (Wildman–Crippen MR) is 49.8 cm³/mol. The molecule has 0 fully saturated rings. The molecule has 0 radical (unpaired) electrons. The zero-order valence-electron chi connectivity index (χ0n) is 10.2. The molecule has 100 valence electrons. The second-order valence-electron chi connectivity index (χ2n) is 3.76. The molecule has 0 atom stereocenters. The molecular weight excluding hydrogens is 248 g/mol. The summed E-state index contributed by atoms with van der Waals surface area (Å²) >= 11 is 0. The van der Waals surface area contributed by atoms with Crippen LogP contribution in [0.4, 0.5) is 0 Å². The van der Waals surface area contributed by atoms with Crippen molar-refractivity contribution in [3.63, 3.8) is 0 Å². The van der Waals surface area contributed by atoms with E-state index in [1.807, 2.05) is 0 Å². The maximum absolute atomic E-state index is 8.49. The summed E-state index contributed by atoms with van der Waals surface area (Å²) in [5, 5.41) is 0. The fraction of sp³-hybridized carbons (Fsp3) is 0.700. The summed E-state index contributed by atoms with van der Waals surface area (Å²) in [4.78, 5) is 0. The van der Waals surface area contributed by atoms with E-state index in [1.165, 1.54) is 32.2 Å². The van der Waals surface area contributed by atoms with Crippen LogP contribution in [0.1, 0.15) is 32.6 Å². The SMILES string of the molecule is CCCCCCn1cc[n+](C)c1.[O-][Cl+3]([O-])([O-])[O-]. The molecule has 6 nitrogen and oxygen atoms in total. The van der Waals surface area contributed by atoms with Gasteiger partial charge in [0, 0.05) is 0 Å². The van der Waals surface area contributed by atoms with Crippen molar-refractivity contribution in [2.45, 2.75) is 39.2 Å². The molecule has 0 aliphatic heterocycles. The quantitative estimate of drug-likeness (QED) is 0.422. The van der Waals surface area contributed by atoms with Gasteiger partial charge in [0.25, 0.3) is 0 Å². The number of unbranched alkanes of at least 4 members (excludes halogenated alkanes) is 3. The fourth-order valence-corrected chi connectivity index (χ4v) is 1.36.